The molecule has 0 aliphatic heterocycles. The van der Waals surface area contributed by atoms with Crippen LogP contribution in [0.15, 0.2) is 42.5 Å². The number of carbonyl (C=O) groups is 2. The Kier molecular flexibility index (Phi) is 10.6. The molecule has 0 fully saturated rings. The summed E-state index contributed by atoms with van der Waals surface area (Å²) in [6, 6.07) is 11.6. The van der Waals surface area contributed by atoms with E-state index in [0.29, 0.717) is 34.5 Å². The molecule has 0 aromatic heterocycles. The van der Waals surface area contributed by atoms with E-state index in [0.717, 1.165) is 18.4 Å². The van der Waals surface area contributed by atoms with Gasteiger partial charge in [0.05, 0.1) is 17.2 Å². The summed E-state index contributed by atoms with van der Waals surface area (Å²) in [4.78, 5) is 27.6. The highest BCUT2D eigenvalue weighted by atomic mass is 35.5. The highest BCUT2D eigenvalue weighted by Gasteiger charge is 2.29. The van der Waals surface area contributed by atoms with Crippen LogP contribution >= 0.6 is 23.2 Å². The third kappa shape index (κ3) is 7.31. The quantitative estimate of drug-likeness (QED) is 0.428. The zero-order valence-corrected chi connectivity index (χ0v) is 20.2. The van der Waals surface area contributed by atoms with Crippen molar-refractivity contribution in [2.45, 2.75) is 45.7 Å². The number of benzene rings is 2. The number of halogens is 2. The summed E-state index contributed by atoms with van der Waals surface area (Å²) < 4.78 is 11.0. The van der Waals surface area contributed by atoms with Gasteiger partial charge in [0.15, 0.2) is 18.1 Å². The highest BCUT2D eigenvalue weighted by molar-refractivity contribution is 6.42. The lowest BCUT2D eigenvalue weighted by Gasteiger charge is -2.30. The molecule has 1 unspecified atom stereocenters. The SMILES string of the molecule is CCCCNC(=O)C(CC)N(Cc1ccc(Cl)c(Cl)c1)C(=O)COc1ccccc1OC. The smallest absolute Gasteiger partial charge is 0.261 e. The fourth-order valence-corrected chi connectivity index (χ4v) is 3.54. The second kappa shape index (κ2) is 13.2. The summed E-state index contributed by atoms with van der Waals surface area (Å²) in [5.41, 5.74) is 0.768. The Morgan fingerprint density at radius 1 is 1.06 bits per heavy atom. The lowest BCUT2D eigenvalue weighted by Crippen LogP contribution is -2.50. The van der Waals surface area contributed by atoms with Crippen molar-refractivity contribution in [3.8, 4) is 11.5 Å². The number of unbranched alkanes of at least 4 members (excludes halogenated alkanes) is 1. The number of para-hydroxylation sites is 2. The van der Waals surface area contributed by atoms with E-state index in [4.69, 9.17) is 32.7 Å². The Morgan fingerprint density at radius 3 is 2.41 bits per heavy atom. The van der Waals surface area contributed by atoms with Gasteiger partial charge in [-0.2, -0.15) is 0 Å². The Morgan fingerprint density at radius 2 is 1.78 bits per heavy atom. The molecule has 0 radical (unpaired) electrons. The number of carbonyl (C=O) groups excluding carboxylic acids is 2. The summed E-state index contributed by atoms with van der Waals surface area (Å²) in [5.74, 6) is 0.477. The van der Waals surface area contributed by atoms with E-state index >= 15 is 0 Å². The van der Waals surface area contributed by atoms with Gasteiger partial charge < -0.3 is 19.7 Å². The topological polar surface area (TPSA) is 67.9 Å². The van der Waals surface area contributed by atoms with Crippen molar-refractivity contribution in [1.29, 1.82) is 0 Å². The Labute approximate surface area is 199 Å². The fraction of sp³-hybridized carbons (Fsp3) is 0.417. The van der Waals surface area contributed by atoms with E-state index < -0.39 is 6.04 Å². The minimum Gasteiger partial charge on any atom is -0.493 e. The number of amides is 2. The van der Waals surface area contributed by atoms with Gasteiger partial charge >= 0.3 is 0 Å². The maximum absolute atomic E-state index is 13.2. The van der Waals surface area contributed by atoms with Crippen molar-refractivity contribution in [3.63, 3.8) is 0 Å². The van der Waals surface area contributed by atoms with Crippen molar-refractivity contribution >= 4 is 35.0 Å². The van der Waals surface area contributed by atoms with Crippen LogP contribution in [0.2, 0.25) is 10.0 Å². The van der Waals surface area contributed by atoms with Gasteiger partial charge in [0.25, 0.3) is 5.91 Å². The van der Waals surface area contributed by atoms with Crippen molar-refractivity contribution in [2.75, 3.05) is 20.3 Å². The molecular formula is C24H30Cl2N2O4. The van der Waals surface area contributed by atoms with Gasteiger partial charge in [0, 0.05) is 13.1 Å². The van der Waals surface area contributed by atoms with Gasteiger partial charge in [-0.3, -0.25) is 9.59 Å². The van der Waals surface area contributed by atoms with Crippen molar-refractivity contribution in [2.24, 2.45) is 0 Å². The van der Waals surface area contributed by atoms with E-state index in [1.165, 1.54) is 12.0 Å². The molecule has 0 aliphatic rings. The van der Waals surface area contributed by atoms with Crippen LogP contribution in [-0.4, -0.2) is 43.0 Å². The zero-order valence-electron chi connectivity index (χ0n) is 18.7. The van der Waals surface area contributed by atoms with Crippen LogP contribution in [0.3, 0.4) is 0 Å². The summed E-state index contributed by atoms with van der Waals surface area (Å²) in [7, 11) is 1.54. The predicted molar refractivity (Wildman–Crippen MR) is 127 cm³/mol. The molecule has 32 heavy (non-hydrogen) atoms. The third-order valence-corrected chi connectivity index (χ3v) is 5.71. The van der Waals surface area contributed by atoms with Gasteiger partial charge in [-0.1, -0.05) is 61.7 Å². The molecule has 0 aliphatic carbocycles. The average molecular weight is 481 g/mol. The first-order chi connectivity index (χ1) is 15.4. The lowest BCUT2D eigenvalue weighted by atomic mass is 10.1. The molecule has 0 saturated carbocycles. The van der Waals surface area contributed by atoms with E-state index in [1.54, 1.807) is 36.4 Å². The van der Waals surface area contributed by atoms with Crippen molar-refractivity contribution in [3.05, 3.63) is 58.1 Å². The van der Waals surface area contributed by atoms with Crippen LogP contribution in [0, 0.1) is 0 Å². The van der Waals surface area contributed by atoms with E-state index in [-0.39, 0.29) is 25.0 Å². The molecule has 174 valence electrons. The molecule has 8 heteroatoms. The number of nitrogens with zero attached hydrogens (tertiary/aromatic N) is 1. The van der Waals surface area contributed by atoms with E-state index in [9.17, 15) is 9.59 Å². The molecule has 2 aromatic rings. The zero-order chi connectivity index (χ0) is 23.5. The lowest BCUT2D eigenvalue weighted by molar-refractivity contribution is -0.143. The van der Waals surface area contributed by atoms with Crippen LogP contribution in [0.5, 0.6) is 11.5 Å². The first kappa shape index (κ1) is 25.8. The predicted octanol–water partition coefficient (Wildman–Crippen LogP) is 5.10. The standard InChI is InChI=1S/C24H30Cl2N2O4/c1-4-6-13-27-24(30)20(5-2)28(15-17-11-12-18(25)19(26)14-17)23(29)16-32-22-10-8-7-9-21(22)31-3/h7-12,14,20H,4-6,13,15-16H2,1-3H3,(H,27,30). The summed E-state index contributed by atoms with van der Waals surface area (Å²) in [6.45, 7) is 4.46. The highest BCUT2D eigenvalue weighted by Crippen LogP contribution is 2.27. The van der Waals surface area contributed by atoms with Gasteiger partial charge in [-0.15, -0.1) is 0 Å². The molecule has 1 atom stereocenters. The maximum atomic E-state index is 13.2. The van der Waals surface area contributed by atoms with Gasteiger partial charge in [0.2, 0.25) is 5.91 Å². The molecule has 0 saturated heterocycles. The van der Waals surface area contributed by atoms with Crippen LogP contribution in [0.4, 0.5) is 0 Å². The first-order valence-corrected chi connectivity index (χ1v) is 11.4. The number of nitrogens with one attached hydrogen (secondary N) is 1. The molecule has 2 aromatic carbocycles. The summed E-state index contributed by atoms with van der Waals surface area (Å²) >= 11 is 12.2. The van der Waals surface area contributed by atoms with Crippen LogP contribution in [0.1, 0.15) is 38.7 Å². The third-order valence-electron chi connectivity index (χ3n) is 4.97. The Bertz CT molecular complexity index is 907. The minimum absolute atomic E-state index is 0.188. The molecule has 0 spiro atoms. The number of methoxy groups -OCH3 is 1. The Balaban J connectivity index is 2.23. The van der Waals surface area contributed by atoms with Gasteiger partial charge in [-0.05, 0) is 42.7 Å². The molecular weight excluding hydrogens is 451 g/mol. The van der Waals surface area contributed by atoms with Crippen LogP contribution in [0.25, 0.3) is 0 Å². The second-order valence-electron chi connectivity index (χ2n) is 7.28. The van der Waals surface area contributed by atoms with Crippen LogP contribution < -0.4 is 14.8 Å². The number of rotatable bonds is 12. The molecule has 2 rings (SSSR count). The molecule has 0 bridgehead atoms. The minimum atomic E-state index is -0.643. The van der Waals surface area contributed by atoms with Crippen LogP contribution in [-0.2, 0) is 16.1 Å². The summed E-state index contributed by atoms with van der Waals surface area (Å²) in [6.07, 6.45) is 2.30. The summed E-state index contributed by atoms with van der Waals surface area (Å²) in [5, 5.41) is 3.75. The number of hydrogen-bond acceptors (Lipinski definition) is 4. The van der Waals surface area contributed by atoms with Crippen molar-refractivity contribution in [1.82, 2.24) is 10.2 Å². The van der Waals surface area contributed by atoms with E-state index in [2.05, 4.69) is 12.2 Å². The van der Waals surface area contributed by atoms with Crippen molar-refractivity contribution < 1.29 is 19.1 Å². The number of ether oxygens (including phenoxy) is 2. The maximum Gasteiger partial charge on any atom is 0.261 e. The second-order valence-corrected chi connectivity index (χ2v) is 8.09. The van der Waals surface area contributed by atoms with Gasteiger partial charge in [-0.25, -0.2) is 0 Å². The normalized spacial score (nSPS) is 11.5. The number of hydrogen-bond donors (Lipinski definition) is 1. The monoisotopic (exact) mass is 480 g/mol. The molecule has 6 nitrogen and oxygen atoms in total. The molecule has 2 amide bonds. The fourth-order valence-electron chi connectivity index (χ4n) is 3.22. The van der Waals surface area contributed by atoms with Gasteiger partial charge in [0.1, 0.15) is 6.04 Å². The Hall–Kier alpha value is -2.44. The first-order valence-electron chi connectivity index (χ1n) is 10.7. The largest absolute Gasteiger partial charge is 0.493 e. The molecule has 1 N–H and O–H groups in total. The average Bonchev–Trinajstić information content (AvgIpc) is 2.80. The van der Waals surface area contributed by atoms with E-state index in [1.807, 2.05) is 13.0 Å². The molecule has 0 heterocycles.